The molecule has 0 fully saturated rings. The lowest BCUT2D eigenvalue weighted by molar-refractivity contribution is 0.0996. The normalized spacial score (nSPS) is 10.8. The molecular formula is C19H12ClN3O3. The third kappa shape index (κ3) is 2.98. The van der Waals surface area contributed by atoms with Crippen molar-refractivity contribution in [3.8, 4) is 11.3 Å². The summed E-state index contributed by atoms with van der Waals surface area (Å²) < 4.78 is 5.10. The molecule has 2 aromatic carbocycles. The molecule has 0 aliphatic rings. The maximum absolute atomic E-state index is 12.5. The monoisotopic (exact) mass is 365 g/mol. The summed E-state index contributed by atoms with van der Waals surface area (Å²) in [6.07, 6.45) is 1.41. The van der Waals surface area contributed by atoms with Gasteiger partial charge in [0.05, 0.1) is 23.0 Å². The van der Waals surface area contributed by atoms with Gasteiger partial charge in [-0.15, -0.1) is 0 Å². The Hall–Kier alpha value is -3.38. The number of rotatable bonds is 3. The Morgan fingerprint density at radius 1 is 1.12 bits per heavy atom. The Morgan fingerprint density at radius 2 is 1.96 bits per heavy atom. The molecule has 4 rings (SSSR count). The van der Waals surface area contributed by atoms with Crippen LogP contribution in [0.25, 0.3) is 22.3 Å². The topological polar surface area (TPSA) is 88.0 Å². The molecule has 0 bridgehead atoms. The van der Waals surface area contributed by atoms with Crippen LogP contribution in [0.15, 0.2) is 70.1 Å². The number of benzene rings is 2. The summed E-state index contributed by atoms with van der Waals surface area (Å²) in [5, 5.41) is 3.15. The van der Waals surface area contributed by atoms with Gasteiger partial charge < -0.3 is 14.7 Å². The zero-order valence-corrected chi connectivity index (χ0v) is 14.1. The molecule has 0 saturated carbocycles. The van der Waals surface area contributed by atoms with E-state index >= 15 is 0 Å². The summed E-state index contributed by atoms with van der Waals surface area (Å²) >= 11 is 6.10. The fourth-order valence-electron chi connectivity index (χ4n) is 2.63. The molecular weight excluding hydrogens is 354 g/mol. The van der Waals surface area contributed by atoms with Crippen LogP contribution in [0, 0.1) is 0 Å². The number of carbonyl (C=O) groups is 1. The van der Waals surface area contributed by atoms with Crippen LogP contribution in [0.4, 0.5) is 5.69 Å². The zero-order valence-electron chi connectivity index (χ0n) is 13.3. The van der Waals surface area contributed by atoms with E-state index in [1.54, 1.807) is 42.5 Å². The van der Waals surface area contributed by atoms with Crippen molar-refractivity contribution >= 4 is 34.2 Å². The van der Waals surface area contributed by atoms with Crippen LogP contribution in [-0.2, 0) is 0 Å². The molecule has 0 aliphatic heterocycles. The second-order valence-electron chi connectivity index (χ2n) is 5.55. The van der Waals surface area contributed by atoms with Crippen molar-refractivity contribution in [1.82, 2.24) is 9.97 Å². The predicted octanol–water partition coefficient (Wildman–Crippen LogP) is 4.09. The number of carbonyl (C=O) groups excluding carboxylic acids is 1. The first-order valence-electron chi connectivity index (χ1n) is 7.75. The van der Waals surface area contributed by atoms with Crippen LogP contribution in [0.3, 0.4) is 0 Å². The average Bonchev–Trinajstić information content (AvgIpc) is 3.17. The second kappa shape index (κ2) is 6.50. The van der Waals surface area contributed by atoms with Gasteiger partial charge in [-0.3, -0.25) is 9.59 Å². The highest BCUT2D eigenvalue weighted by molar-refractivity contribution is 6.31. The summed E-state index contributed by atoms with van der Waals surface area (Å²) in [6.45, 7) is 0. The van der Waals surface area contributed by atoms with E-state index in [4.69, 9.17) is 16.0 Å². The molecule has 128 valence electrons. The molecule has 2 N–H and O–H groups in total. The molecule has 0 aliphatic carbocycles. The highest BCUT2D eigenvalue weighted by Crippen LogP contribution is 2.29. The molecule has 0 saturated heterocycles. The molecule has 2 heterocycles. The highest BCUT2D eigenvalue weighted by Gasteiger charge is 2.16. The lowest BCUT2D eigenvalue weighted by Gasteiger charge is -2.11. The van der Waals surface area contributed by atoms with Gasteiger partial charge in [0.1, 0.15) is 5.69 Å². The van der Waals surface area contributed by atoms with Gasteiger partial charge in [-0.05, 0) is 42.5 Å². The van der Waals surface area contributed by atoms with Crippen LogP contribution in [0.5, 0.6) is 0 Å². The summed E-state index contributed by atoms with van der Waals surface area (Å²) in [5.74, 6) is -0.276. The molecule has 6 nitrogen and oxygen atoms in total. The number of para-hydroxylation sites is 2. The highest BCUT2D eigenvalue weighted by atomic mass is 35.5. The van der Waals surface area contributed by atoms with Gasteiger partial charge in [-0.2, -0.15) is 0 Å². The Morgan fingerprint density at radius 3 is 2.77 bits per heavy atom. The standard InChI is InChI=1S/C19H12ClN3O3/c20-11-7-8-13(22-18(24)16-6-3-9-26-16)12(10-11)17-19(25)23-15-5-2-1-4-14(15)21-17/h1-10H,(H,22,24)(H,23,25). The Balaban J connectivity index is 1.84. The van der Waals surface area contributed by atoms with Crippen molar-refractivity contribution in [2.45, 2.75) is 0 Å². The minimum Gasteiger partial charge on any atom is -0.459 e. The third-order valence-corrected chi connectivity index (χ3v) is 4.06. The first-order chi connectivity index (χ1) is 12.6. The van der Waals surface area contributed by atoms with E-state index < -0.39 is 5.91 Å². The number of nitrogens with one attached hydrogen (secondary N) is 2. The summed E-state index contributed by atoms with van der Waals surface area (Å²) in [7, 11) is 0. The maximum Gasteiger partial charge on any atom is 0.291 e. The fourth-order valence-corrected chi connectivity index (χ4v) is 2.80. The quantitative estimate of drug-likeness (QED) is 0.572. The van der Waals surface area contributed by atoms with Crippen LogP contribution in [0.2, 0.25) is 5.02 Å². The van der Waals surface area contributed by atoms with Crippen LogP contribution in [0.1, 0.15) is 10.6 Å². The van der Waals surface area contributed by atoms with Crippen LogP contribution >= 0.6 is 11.6 Å². The van der Waals surface area contributed by atoms with Crippen molar-refractivity contribution in [1.29, 1.82) is 0 Å². The van der Waals surface area contributed by atoms with Gasteiger partial charge in [0.2, 0.25) is 0 Å². The van der Waals surface area contributed by atoms with Gasteiger partial charge in [0.25, 0.3) is 11.5 Å². The molecule has 7 heteroatoms. The number of anilines is 1. The van der Waals surface area contributed by atoms with Crippen molar-refractivity contribution in [2.75, 3.05) is 5.32 Å². The molecule has 0 spiro atoms. The first-order valence-corrected chi connectivity index (χ1v) is 8.13. The van der Waals surface area contributed by atoms with Crippen LogP contribution in [-0.4, -0.2) is 15.9 Å². The Bertz CT molecular complexity index is 1170. The average molecular weight is 366 g/mol. The van der Waals surface area contributed by atoms with Crippen molar-refractivity contribution in [3.05, 3.63) is 82.0 Å². The number of aromatic nitrogens is 2. The molecule has 2 aromatic heterocycles. The molecule has 4 aromatic rings. The molecule has 0 radical (unpaired) electrons. The van der Waals surface area contributed by atoms with E-state index in [2.05, 4.69) is 15.3 Å². The van der Waals surface area contributed by atoms with E-state index in [0.29, 0.717) is 27.3 Å². The minimum atomic E-state index is -0.434. The van der Waals surface area contributed by atoms with E-state index in [0.717, 1.165) is 0 Å². The SMILES string of the molecule is O=C(Nc1ccc(Cl)cc1-c1nc2ccccc2[nH]c1=O)c1ccco1. The number of aromatic amines is 1. The smallest absolute Gasteiger partial charge is 0.291 e. The molecule has 0 atom stereocenters. The molecule has 0 unspecified atom stereocenters. The van der Waals surface area contributed by atoms with E-state index in [9.17, 15) is 9.59 Å². The number of furan rings is 1. The van der Waals surface area contributed by atoms with Crippen molar-refractivity contribution in [2.24, 2.45) is 0 Å². The summed E-state index contributed by atoms with van der Waals surface area (Å²) in [4.78, 5) is 32.0. The zero-order chi connectivity index (χ0) is 18.1. The van der Waals surface area contributed by atoms with Gasteiger partial charge in [0.15, 0.2) is 5.76 Å². The number of nitrogens with zero attached hydrogens (tertiary/aromatic N) is 1. The largest absolute Gasteiger partial charge is 0.459 e. The van der Waals surface area contributed by atoms with E-state index in [1.165, 1.54) is 6.26 Å². The number of halogens is 1. The first kappa shape index (κ1) is 16.1. The third-order valence-electron chi connectivity index (χ3n) is 3.83. The Kier molecular flexibility index (Phi) is 4.02. The lowest BCUT2D eigenvalue weighted by atomic mass is 10.1. The second-order valence-corrected chi connectivity index (χ2v) is 5.99. The summed E-state index contributed by atoms with van der Waals surface area (Å²) in [5.41, 5.74) is 1.88. The van der Waals surface area contributed by atoms with Crippen LogP contribution < -0.4 is 10.9 Å². The number of H-pyrrole nitrogens is 1. The summed E-state index contributed by atoms with van der Waals surface area (Å²) in [6, 6.07) is 15.2. The van der Waals surface area contributed by atoms with E-state index in [1.807, 2.05) is 12.1 Å². The molecule has 26 heavy (non-hydrogen) atoms. The van der Waals surface area contributed by atoms with Gasteiger partial charge in [-0.25, -0.2) is 4.98 Å². The lowest BCUT2D eigenvalue weighted by Crippen LogP contribution is -2.15. The van der Waals surface area contributed by atoms with Crippen molar-refractivity contribution in [3.63, 3.8) is 0 Å². The number of amides is 1. The van der Waals surface area contributed by atoms with E-state index in [-0.39, 0.29) is 17.0 Å². The van der Waals surface area contributed by atoms with Gasteiger partial charge >= 0.3 is 0 Å². The predicted molar refractivity (Wildman–Crippen MR) is 99.5 cm³/mol. The van der Waals surface area contributed by atoms with Gasteiger partial charge in [-0.1, -0.05) is 23.7 Å². The minimum absolute atomic E-state index is 0.159. The van der Waals surface area contributed by atoms with Gasteiger partial charge in [0, 0.05) is 10.6 Å². The fraction of sp³-hybridized carbons (Fsp3) is 0. The maximum atomic E-state index is 12.5. The molecule has 1 amide bonds. The number of hydrogen-bond donors (Lipinski definition) is 2. The Labute approximate surface area is 152 Å². The number of fused-ring (bicyclic) bond motifs is 1. The number of hydrogen-bond acceptors (Lipinski definition) is 4. The van der Waals surface area contributed by atoms with Crippen molar-refractivity contribution < 1.29 is 9.21 Å².